The summed E-state index contributed by atoms with van der Waals surface area (Å²) in [5.74, 6) is 1.10. The predicted molar refractivity (Wildman–Crippen MR) is 80.3 cm³/mol. The van der Waals surface area contributed by atoms with Gasteiger partial charge in [0.1, 0.15) is 5.75 Å². The molecule has 1 unspecified atom stereocenters. The minimum absolute atomic E-state index is 0.305. The topological polar surface area (TPSA) is 46.2 Å². The number of phenolic OH excluding ortho intramolecular Hbond substituents is 1. The van der Waals surface area contributed by atoms with Gasteiger partial charge in [0.05, 0.1) is 0 Å². The molecule has 0 heterocycles. The molecule has 0 fully saturated rings. The third-order valence-electron chi connectivity index (χ3n) is 4.52. The Morgan fingerprint density at radius 3 is 2.26 bits per heavy atom. The first-order valence-corrected chi connectivity index (χ1v) is 7.24. The Kier molecular flexibility index (Phi) is 3.42. The quantitative estimate of drug-likeness (QED) is 0.809. The Morgan fingerprint density at radius 2 is 1.74 bits per heavy atom. The van der Waals surface area contributed by atoms with Crippen LogP contribution in [0.5, 0.6) is 5.75 Å². The van der Waals surface area contributed by atoms with Gasteiger partial charge >= 0.3 is 0 Å². The molecule has 2 rings (SSSR count). The molecule has 19 heavy (non-hydrogen) atoms. The predicted octanol–water partition coefficient (Wildman–Crippen LogP) is 3.74. The van der Waals surface area contributed by atoms with E-state index in [2.05, 4.69) is 20.8 Å². The minimum Gasteiger partial charge on any atom is -0.508 e. The number of hydrogen-bond donors (Lipinski definition) is 2. The largest absolute Gasteiger partial charge is 0.508 e. The summed E-state index contributed by atoms with van der Waals surface area (Å²) in [6.45, 7) is 11.0. The van der Waals surface area contributed by atoms with Gasteiger partial charge in [0, 0.05) is 5.54 Å². The third kappa shape index (κ3) is 2.79. The van der Waals surface area contributed by atoms with Crippen LogP contribution in [0.4, 0.5) is 0 Å². The molecular weight excluding hydrogens is 234 g/mol. The highest BCUT2D eigenvalue weighted by Gasteiger charge is 2.33. The van der Waals surface area contributed by atoms with Crippen molar-refractivity contribution in [1.29, 1.82) is 0 Å². The van der Waals surface area contributed by atoms with Crippen LogP contribution in [0.2, 0.25) is 0 Å². The molecule has 0 spiro atoms. The van der Waals surface area contributed by atoms with Crippen molar-refractivity contribution in [2.24, 2.45) is 17.1 Å². The molecule has 0 amide bonds. The zero-order chi connectivity index (χ0) is 14.4. The fraction of sp³-hybridized carbons (Fsp3) is 0.647. The number of fused-ring (bicyclic) bond motifs is 1. The van der Waals surface area contributed by atoms with Crippen molar-refractivity contribution in [3.63, 3.8) is 0 Å². The number of phenols is 1. The Labute approximate surface area is 117 Å². The molecule has 2 nitrogen and oxygen atoms in total. The van der Waals surface area contributed by atoms with Gasteiger partial charge in [0.25, 0.3) is 0 Å². The normalized spacial score (nSPS) is 20.2. The van der Waals surface area contributed by atoms with E-state index in [-0.39, 0.29) is 5.54 Å². The zero-order valence-electron chi connectivity index (χ0n) is 12.9. The molecule has 0 bridgehead atoms. The Balaban J connectivity index is 2.49. The molecule has 1 aromatic carbocycles. The summed E-state index contributed by atoms with van der Waals surface area (Å²) in [7, 11) is 0. The fourth-order valence-corrected chi connectivity index (χ4v) is 3.20. The van der Waals surface area contributed by atoms with E-state index in [0.29, 0.717) is 17.1 Å². The summed E-state index contributed by atoms with van der Waals surface area (Å²) in [6.07, 6.45) is 3.15. The Bertz CT molecular complexity index is 477. The molecule has 1 aliphatic rings. The molecule has 1 atom stereocenters. The van der Waals surface area contributed by atoms with Crippen LogP contribution >= 0.6 is 0 Å². The van der Waals surface area contributed by atoms with Crippen molar-refractivity contribution in [3.8, 4) is 5.75 Å². The van der Waals surface area contributed by atoms with Crippen LogP contribution in [0.3, 0.4) is 0 Å². The lowest BCUT2D eigenvalue weighted by molar-refractivity contribution is 0.213. The molecule has 0 saturated carbocycles. The van der Waals surface area contributed by atoms with Gasteiger partial charge in [0.15, 0.2) is 0 Å². The summed E-state index contributed by atoms with van der Waals surface area (Å²) in [4.78, 5) is 0. The zero-order valence-corrected chi connectivity index (χ0v) is 12.9. The maximum Gasteiger partial charge on any atom is 0.119 e. The Morgan fingerprint density at radius 1 is 1.11 bits per heavy atom. The lowest BCUT2D eigenvalue weighted by Gasteiger charge is -2.37. The second-order valence-electron chi connectivity index (χ2n) is 7.62. The van der Waals surface area contributed by atoms with Crippen LogP contribution in [0.1, 0.15) is 57.7 Å². The highest BCUT2D eigenvalue weighted by atomic mass is 16.3. The van der Waals surface area contributed by atoms with Gasteiger partial charge in [-0.15, -0.1) is 0 Å². The van der Waals surface area contributed by atoms with Crippen LogP contribution in [0, 0.1) is 11.3 Å². The molecule has 0 radical (unpaired) electrons. The van der Waals surface area contributed by atoms with Gasteiger partial charge in [-0.2, -0.15) is 0 Å². The van der Waals surface area contributed by atoms with E-state index in [1.165, 1.54) is 11.1 Å². The molecule has 0 aliphatic heterocycles. The third-order valence-corrected chi connectivity index (χ3v) is 4.52. The second-order valence-corrected chi connectivity index (χ2v) is 7.62. The summed E-state index contributed by atoms with van der Waals surface area (Å²) in [6, 6.07) is 3.80. The van der Waals surface area contributed by atoms with Crippen LogP contribution in [0.25, 0.3) is 0 Å². The number of benzene rings is 1. The average molecular weight is 261 g/mol. The van der Waals surface area contributed by atoms with Crippen LogP contribution < -0.4 is 5.73 Å². The molecular formula is C17H27NO. The molecule has 0 saturated heterocycles. The van der Waals surface area contributed by atoms with Gasteiger partial charge in [0.2, 0.25) is 0 Å². The highest BCUT2D eigenvalue weighted by Crippen LogP contribution is 2.42. The van der Waals surface area contributed by atoms with Crippen molar-refractivity contribution >= 4 is 0 Å². The smallest absolute Gasteiger partial charge is 0.119 e. The van der Waals surface area contributed by atoms with E-state index in [4.69, 9.17) is 5.73 Å². The van der Waals surface area contributed by atoms with Crippen molar-refractivity contribution < 1.29 is 5.11 Å². The van der Waals surface area contributed by atoms with Crippen LogP contribution in [0.15, 0.2) is 12.1 Å². The fourth-order valence-electron chi connectivity index (χ4n) is 3.20. The van der Waals surface area contributed by atoms with E-state index in [1.54, 1.807) is 6.07 Å². The number of aromatic hydroxyl groups is 1. The van der Waals surface area contributed by atoms with Gasteiger partial charge in [-0.1, -0.05) is 26.8 Å². The molecule has 0 aromatic heterocycles. The van der Waals surface area contributed by atoms with Gasteiger partial charge in [-0.05, 0) is 67.2 Å². The Hall–Kier alpha value is -1.02. The molecule has 106 valence electrons. The molecule has 3 N–H and O–H groups in total. The number of nitrogens with two attached hydrogens (primary N) is 1. The molecule has 2 heteroatoms. The first kappa shape index (κ1) is 14.4. The maximum absolute atomic E-state index is 10.1. The van der Waals surface area contributed by atoms with Gasteiger partial charge in [-0.25, -0.2) is 0 Å². The summed E-state index contributed by atoms with van der Waals surface area (Å²) >= 11 is 0. The average Bonchev–Trinajstić information content (AvgIpc) is 2.26. The van der Waals surface area contributed by atoms with E-state index < -0.39 is 0 Å². The van der Waals surface area contributed by atoms with Crippen molar-refractivity contribution in [3.05, 3.63) is 28.8 Å². The lowest BCUT2D eigenvalue weighted by atomic mass is 9.68. The van der Waals surface area contributed by atoms with E-state index in [1.807, 2.05) is 19.9 Å². The van der Waals surface area contributed by atoms with Gasteiger partial charge in [-0.3, -0.25) is 0 Å². The van der Waals surface area contributed by atoms with Crippen molar-refractivity contribution in [2.45, 2.75) is 59.4 Å². The SMILES string of the molecule is CC(C)(N)c1ccc(O)c2c1CC(C(C)(C)C)CC2. The van der Waals surface area contributed by atoms with Crippen molar-refractivity contribution in [1.82, 2.24) is 0 Å². The maximum atomic E-state index is 10.1. The highest BCUT2D eigenvalue weighted by molar-refractivity contribution is 5.48. The minimum atomic E-state index is -0.350. The van der Waals surface area contributed by atoms with E-state index in [0.717, 1.165) is 24.8 Å². The summed E-state index contributed by atoms with van der Waals surface area (Å²) < 4.78 is 0. The van der Waals surface area contributed by atoms with E-state index in [9.17, 15) is 5.11 Å². The first-order valence-electron chi connectivity index (χ1n) is 7.24. The van der Waals surface area contributed by atoms with Crippen LogP contribution in [-0.2, 0) is 18.4 Å². The summed E-state index contributed by atoms with van der Waals surface area (Å²) in [5, 5.41) is 10.1. The van der Waals surface area contributed by atoms with Gasteiger partial charge < -0.3 is 10.8 Å². The monoisotopic (exact) mass is 261 g/mol. The molecule has 1 aliphatic carbocycles. The van der Waals surface area contributed by atoms with Crippen LogP contribution in [-0.4, -0.2) is 5.11 Å². The first-order chi connectivity index (χ1) is 8.60. The molecule has 1 aromatic rings. The standard InChI is InChI=1S/C17H27NO/c1-16(2,3)11-6-7-12-13(10-11)14(17(4,5)18)8-9-15(12)19/h8-9,11,19H,6-7,10,18H2,1-5H3. The van der Waals surface area contributed by atoms with Crippen molar-refractivity contribution in [2.75, 3.05) is 0 Å². The number of hydrogen-bond acceptors (Lipinski definition) is 2. The second kappa shape index (κ2) is 4.52. The number of rotatable bonds is 1. The lowest BCUT2D eigenvalue weighted by Crippen LogP contribution is -2.34. The summed E-state index contributed by atoms with van der Waals surface area (Å²) in [5.41, 5.74) is 9.86. The van der Waals surface area contributed by atoms with E-state index >= 15 is 0 Å².